The number of likely N-dealkylation sites (N-methyl/N-ethyl adjacent to an activating group) is 1. The van der Waals surface area contributed by atoms with Crippen LogP contribution in [0.25, 0.3) is 0 Å². The Morgan fingerprint density at radius 2 is 2.11 bits per heavy atom. The molecule has 7 heteroatoms. The van der Waals surface area contributed by atoms with Gasteiger partial charge in [0.15, 0.2) is 5.69 Å². The Kier molecular flexibility index (Phi) is 7.00. The molecule has 27 heavy (non-hydrogen) atoms. The number of halogens is 1. The van der Waals surface area contributed by atoms with Crippen LogP contribution in [-0.4, -0.2) is 34.4 Å². The normalized spacial score (nSPS) is 11.3. The summed E-state index contributed by atoms with van der Waals surface area (Å²) in [5.74, 6) is -0.257. The fourth-order valence-corrected chi connectivity index (χ4v) is 2.47. The van der Waals surface area contributed by atoms with Crippen molar-refractivity contribution < 1.29 is 13.9 Å². The number of carbonyl (C=O) groups is 1. The van der Waals surface area contributed by atoms with Crippen molar-refractivity contribution in [1.29, 1.82) is 5.26 Å². The van der Waals surface area contributed by atoms with E-state index in [1.807, 2.05) is 6.07 Å². The molecule has 1 atom stereocenters. The summed E-state index contributed by atoms with van der Waals surface area (Å²) < 4.78 is 19.3. The molecule has 6 nitrogen and oxygen atoms in total. The third-order valence-corrected chi connectivity index (χ3v) is 4.17. The van der Waals surface area contributed by atoms with Crippen molar-refractivity contribution in [2.75, 3.05) is 13.7 Å². The first-order valence-electron chi connectivity index (χ1n) is 8.48. The van der Waals surface area contributed by atoms with Gasteiger partial charge in [0.05, 0.1) is 25.0 Å². The van der Waals surface area contributed by atoms with Crippen LogP contribution in [0.5, 0.6) is 5.88 Å². The summed E-state index contributed by atoms with van der Waals surface area (Å²) in [6.45, 7) is 5.94. The highest BCUT2D eigenvalue weighted by Crippen LogP contribution is 2.23. The summed E-state index contributed by atoms with van der Waals surface area (Å²) in [5, 5.41) is 8.67. The van der Waals surface area contributed by atoms with Crippen molar-refractivity contribution in [3.05, 3.63) is 65.9 Å². The maximum atomic E-state index is 13.9. The van der Waals surface area contributed by atoms with Crippen molar-refractivity contribution in [2.24, 2.45) is 0 Å². The topological polar surface area (TPSA) is 79.1 Å². The average molecular weight is 368 g/mol. The lowest BCUT2D eigenvalue weighted by Gasteiger charge is -2.26. The van der Waals surface area contributed by atoms with E-state index in [-0.39, 0.29) is 17.4 Å². The third-order valence-electron chi connectivity index (χ3n) is 4.17. The first kappa shape index (κ1) is 20.0. The third kappa shape index (κ3) is 5.35. The minimum absolute atomic E-state index is 0.216. The molecule has 0 saturated carbocycles. The van der Waals surface area contributed by atoms with E-state index >= 15 is 0 Å². The van der Waals surface area contributed by atoms with Crippen molar-refractivity contribution in [1.82, 2.24) is 14.9 Å². The number of nitrogens with zero attached hydrogens (tertiary/aromatic N) is 4. The number of ether oxygens (including phenoxy) is 1. The van der Waals surface area contributed by atoms with Crippen LogP contribution in [0.2, 0.25) is 0 Å². The Balaban J connectivity index is 1.81. The molecule has 1 aromatic carbocycles. The molecule has 1 aromatic heterocycles. The second kappa shape index (κ2) is 9.43. The first-order valence-corrected chi connectivity index (χ1v) is 8.48. The fraction of sp³-hybridized carbons (Fsp3) is 0.300. The van der Waals surface area contributed by atoms with Gasteiger partial charge in [-0.3, -0.25) is 4.79 Å². The first-order chi connectivity index (χ1) is 12.9. The van der Waals surface area contributed by atoms with Crippen molar-refractivity contribution in [3.8, 4) is 11.9 Å². The summed E-state index contributed by atoms with van der Waals surface area (Å²) in [4.78, 5) is 21.8. The van der Waals surface area contributed by atoms with Crippen LogP contribution in [-0.2, 0) is 4.79 Å². The Morgan fingerprint density at radius 3 is 2.74 bits per heavy atom. The Hall–Kier alpha value is -3.27. The highest BCUT2D eigenvalue weighted by Gasteiger charge is 2.21. The Labute approximate surface area is 157 Å². The molecular weight excluding hydrogens is 347 g/mol. The molecule has 0 unspecified atom stereocenters. The predicted molar refractivity (Wildman–Crippen MR) is 98.2 cm³/mol. The molecule has 0 aliphatic carbocycles. The van der Waals surface area contributed by atoms with Crippen LogP contribution < -0.4 is 4.74 Å². The predicted octanol–water partition coefficient (Wildman–Crippen LogP) is 3.42. The van der Waals surface area contributed by atoms with E-state index in [0.29, 0.717) is 36.5 Å². The van der Waals surface area contributed by atoms with Gasteiger partial charge in [0, 0.05) is 18.2 Å². The maximum absolute atomic E-state index is 13.9. The molecule has 0 saturated heterocycles. The minimum Gasteiger partial charge on any atom is -0.477 e. The zero-order valence-electron chi connectivity index (χ0n) is 15.4. The number of hydrogen-bond donors (Lipinski definition) is 0. The standard InChI is InChI=1S/C20H21FN4O2/c1-14(7-6-10-27-19-13-23-16(11-22)12-24-19)20(26)25(3)15(2)17-8-4-5-9-18(17)21/h4-5,8-9,12-13,15H,1,6-7,10H2,2-3H3/t15-/m0/s1. The lowest BCUT2D eigenvalue weighted by molar-refractivity contribution is -0.127. The van der Waals surface area contributed by atoms with Gasteiger partial charge in [-0.05, 0) is 25.8 Å². The molecule has 2 rings (SSSR count). The van der Waals surface area contributed by atoms with Gasteiger partial charge >= 0.3 is 0 Å². The summed E-state index contributed by atoms with van der Waals surface area (Å²) in [6, 6.07) is 7.88. The summed E-state index contributed by atoms with van der Waals surface area (Å²) in [7, 11) is 1.63. The van der Waals surface area contributed by atoms with Gasteiger partial charge in [-0.1, -0.05) is 24.8 Å². The number of carbonyl (C=O) groups excluding carboxylic acids is 1. The molecule has 1 amide bonds. The lowest BCUT2D eigenvalue weighted by atomic mass is 10.0. The van der Waals surface area contributed by atoms with Crippen LogP contribution in [0.4, 0.5) is 4.39 Å². The number of aromatic nitrogens is 2. The van der Waals surface area contributed by atoms with Crippen LogP contribution in [0.15, 0.2) is 48.8 Å². The number of hydrogen-bond acceptors (Lipinski definition) is 5. The fourth-order valence-electron chi connectivity index (χ4n) is 2.47. The van der Waals surface area contributed by atoms with E-state index in [0.717, 1.165) is 0 Å². The van der Waals surface area contributed by atoms with Gasteiger partial charge in [0.1, 0.15) is 11.9 Å². The van der Waals surface area contributed by atoms with Crippen LogP contribution in [0.3, 0.4) is 0 Å². The molecule has 0 fully saturated rings. The second-order valence-corrected chi connectivity index (χ2v) is 6.02. The molecule has 2 aromatic rings. The largest absolute Gasteiger partial charge is 0.477 e. The summed E-state index contributed by atoms with van der Waals surface area (Å²) in [6.07, 6.45) is 3.71. The van der Waals surface area contributed by atoms with E-state index in [2.05, 4.69) is 16.5 Å². The maximum Gasteiger partial charge on any atom is 0.249 e. The molecule has 0 spiro atoms. The highest BCUT2D eigenvalue weighted by molar-refractivity contribution is 5.92. The van der Waals surface area contributed by atoms with E-state index in [1.54, 1.807) is 32.2 Å². The number of nitriles is 1. The van der Waals surface area contributed by atoms with Crippen molar-refractivity contribution in [3.63, 3.8) is 0 Å². The monoisotopic (exact) mass is 368 g/mol. The van der Waals surface area contributed by atoms with Crippen molar-refractivity contribution in [2.45, 2.75) is 25.8 Å². The summed E-state index contributed by atoms with van der Waals surface area (Å²) in [5.41, 5.74) is 1.10. The number of rotatable bonds is 8. The summed E-state index contributed by atoms with van der Waals surface area (Å²) >= 11 is 0. The molecule has 0 aliphatic heterocycles. The minimum atomic E-state index is -0.402. The van der Waals surface area contributed by atoms with E-state index in [9.17, 15) is 9.18 Å². The van der Waals surface area contributed by atoms with Gasteiger partial charge in [-0.2, -0.15) is 5.26 Å². The van der Waals surface area contributed by atoms with Crippen LogP contribution >= 0.6 is 0 Å². The molecule has 0 N–H and O–H groups in total. The highest BCUT2D eigenvalue weighted by atomic mass is 19.1. The van der Waals surface area contributed by atoms with E-state index in [4.69, 9.17) is 10.00 Å². The smallest absolute Gasteiger partial charge is 0.249 e. The zero-order chi connectivity index (χ0) is 19.8. The molecular formula is C20H21FN4O2. The van der Waals surface area contributed by atoms with Gasteiger partial charge < -0.3 is 9.64 Å². The van der Waals surface area contributed by atoms with Gasteiger partial charge in [-0.15, -0.1) is 0 Å². The average Bonchev–Trinajstić information content (AvgIpc) is 2.70. The van der Waals surface area contributed by atoms with Gasteiger partial charge in [0.25, 0.3) is 0 Å². The zero-order valence-corrected chi connectivity index (χ0v) is 15.4. The molecule has 1 heterocycles. The number of amides is 1. The van der Waals surface area contributed by atoms with E-state index < -0.39 is 6.04 Å². The molecule has 0 bridgehead atoms. The SMILES string of the molecule is C=C(CCCOc1cnc(C#N)cn1)C(=O)N(C)[C@@H](C)c1ccccc1F. The quantitative estimate of drug-likeness (QED) is 0.527. The second-order valence-electron chi connectivity index (χ2n) is 6.02. The van der Waals surface area contributed by atoms with Crippen LogP contribution in [0, 0.1) is 17.1 Å². The Bertz CT molecular complexity index is 846. The molecule has 0 aliphatic rings. The van der Waals surface area contributed by atoms with Gasteiger partial charge in [-0.25, -0.2) is 14.4 Å². The van der Waals surface area contributed by atoms with Crippen LogP contribution in [0.1, 0.15) is 37.1 Å². The molecule has 0 radical (unpaired) electrons. The molecule has 140 valence electrons. The Morgan fingerprint density at radius 1 is 1.37 bits per heavy atom. The number of benzene rings is 1. The lowest BCUT2D eigenvalue weighted by Crippen LogP contribution is -2.31. The van der Waals surface area contributed by atoms with Gasteiger partial charge in [0.2, 0.25) is 11.8 Å². The van der Waals surface area contributed by atoms with E-state index in [1.165, 1.54) is 23.4 Å². The van der Waals surface area contributed by atoms with Crippen molar-refractivity contribution >= 4 is 5.91 Å².